The number of hydrogen-bond acceptors (Lipinski definition) is 4. The Morgan fingerprint density at radius 3 is 2.06 bits per heavy atom. The van der Waals surface area contributed by atoms with E-state index < -0.39 is 51.8 Å². The van der Waals surface area contributed by atoms with E-state index in [0.29, 0.717) is 12.8 Å². The number of thiocarbonyl (C=S) groups is 1. The minimum atomic E-state index is -5.66. The van der Waals surface area contributed by atoms with Crippen LogP contribution in [0.4, 0.5) is 41.4 Å². The highest BCUT2D eigenvalue weighted by Crippen LogP contribution is 2.40. The molecule has 0 unspecified atom stereocenters. The van der Waals surface area contributed by atoms with Gasteiger partial charge in [-0.2, -0.15) is 13.2 Å². The number of aryl methyl sites for hydroxylation is 1. The number of carbonyl (C=O) groups is 1. The van der Waals surface area contributed by atoms with E-state index in [-0.39, 0.29) is 10.6 Å². The van der Waals surface area contributed by atoms with Gasteiger partial charge >= 0.3 is 12.1 Å². The van der Waals surface area contributed by atoms with E-state index in [1.54, 1.807) is 0 Å². The lowest BCUT2D eigenvalue weighted by Gasteiger charge is -2.16. The maximum atomic E-state index is 14.2. The smallest absolute Gasteiger partial charge is 0.422 e. The van der Waals surface area contributed by atoms with Crippen LogP contribution in [0.5, 0.6) is 0 Å². The quantitative estimate of drug-likeness (QED) is 0.210. The molecule has 1 aliphatic carbocycles. The molecule has 0 bridgehead atoms. The molecule has 1 aromatic carbocycles. The van der Waals surface area contributed by atoms with Crippen LogP contribution in [0.2, 0.25) is 0 Å². The predicted octanol–water partition coefficient (Wildman–Crippen LogP) is 6.58. The molecule has 2 N–H and O–H groups in total. The first kappa shape index (κ1) is 25.2. The number of rotatable bonds is 3. The lowest BCUT2D eigenvalue weighted by Crippen LogP contribution is -2.24. The van der Waals surface area contributed by atoms with Crippen molar-refractivity contribution in [2.45, 2.75) is 44.7 Å². The van der Waals surface area contributed by atoms with Gasteiger partial charge in [0.15, 0.2) is 28.4 Å². The normalized spacial score (nSPS) is 14.2. The van der Waals surface area contributed by atoms with Gasteiger partial charge in [-0.3, -0.25) is 0 Å². The van der Waals surface area contributed by atoms with E-state index in [2.05, 4.69) is 5.32 Å². The molecule has 2 aromatic rings. The standard InChI is InChI=1S/C20H17F7N2O2S2/c1-31-18(30)10-8-6-4-2-3-5-7-9(8)33-17(10)29-19(32)28-16-14(23)12(21)11(20(25,26)27)13(22)15(16)24/h2-7H2,1H3,(H2,28,29,32). The minimum absolute atomic E-state index is 0.175. The van der Waals surface area contributed by atoms with Crippen molar-refractivity contribution in [3.05, 3.63) is 44.8 Å². The average Bonchev–Trinajstić information content (AvgIpc) is 3.04. The van der Waals surface area contributed by atoms with Crippen LogP contribution in [0.25, 0.3) is 0 Å². The maximum absolute atomic E-state index is 14.2. The molecule has 1 aromatic heterocycles. The molecule has 0 saturated carbocycles. The number of fused-ring (bicyclic) bond motifs is 1. The summed E-state index contributed by atoms with van der Waals surface area (Å²) in [5, 5.41) is 3.99. The van der Waals surface area contributed by atoms with Gasteiger partial charge in [-0.15, -0.1) is 11.3 Å². The summed E-state index contributed by atoms with van der Waals surface area (Å²) in [6.07, 6.45) is -0.677. The fourth-order valence-corrected chi connectivity index (χ4v) is 5.11. The fourth-order valence-electron chi connectivity index (χ4n) is 3.56. The zero-order valence-electron chi connectivity index (χ0n) is 17.0. The first-order valence-corrected chi connectivity index (χ1v) is 10.9. The molecule has 33 heavy (non-hydrogen) atoms. The molecule has 4 nitrogen and oxygen atoms in total. The molecule has 1 aliphatic rings. The third kappa shape index (κ3) is 5.08. The van der Waals surface area contributed by atoms with Crippen LogP contribution in [0, 0.1) is 23.3 Å². The highest BCUT2D eigenvalue weighted by Gasteiger charge is 2.42. The number of halogens is 7. The molecule has 3 rings (SSSR count). The summed E-state index contributed by atoms with van der Waals surface area (Å²) >= 11 is 6.10. The van der Waals surface area contributed by atoms with E-state index in [1.165, 1.54) is 7.11 Å². The van der Waals surface area contributed by atoms with E-state index in [4.69, 9.17) is 17.0 Å². The Morgan fingerprint density at radius 2 is 1.52 bits per heavy atom. The van der Waals surface area contributed by atoms with Crippen molar-refractivity contribution in [2.24, 2.45) is 0 Å². The van der Waals surface area contributed by atoms with Crippen molar-refractivity contribution in [3.63, 3.8) is 0 Å². The zero-order chi connectivity index (χ0) is 24.5. The Bertz CT molecular complexity index is 1070. The largest absolute Gasteiger partial charge is 0.465 e. The van der Waals surface area contributed by atoms with E-state index >= 15 is 0 Å². The second kappa shape index (κ2) is 9.84. The van der Waals surface area contributed by atoms with Gasteiger partial charge in [0.1, 0.15) is 16.3 Å². The molecule has 0 spiro atoms. The van der Waals surface area contributed by atoms with Crippen LogP contribution in [-0.2, 0) is 23.8 Å². The molecular weight excluding hydrogens is 497 g/mol. The van der Waals surface area contributed by atoms with E-state index in [1.807, 2.05) is 5.32 Å². The summed E-state index contributed by atoms with van der Waals surface area (Å²) in [6, 6.07) is 0. The number of thiophene rings is 1. The number of methoxy groups -OCH3 is 1. The molecule has 0 atom stereocenters. The zero-order valence-corrected chi connectivity index (χ0v) is 18.7. The minimum Gasteiger partial charge on any atom is -0.465 e. The van der Waals surface area contributed by atoms with Crippen LogP contribution < -0.4 is 10.6 Å². The molecule has 180 valence electrons. The maximum Gasteiger partial charge on any atom is 0.422 e. The van der Waals surface area contributed by atoms with Crippen molar-refractivity contribution in [3.8, 4) is 0 Å². The third-order valence-corrected chi connectivity index (χ3v) is 6.48. The van der Waals surface area contributed by atoms with Crippen LogP contribution in [0.15, 0.2) is 0 Å². The molecular formula is C20H17F7N2O2S2. The Morgan fingerprint density at radius 1 is 0.939 bits per heavy atom. The Balaban J connectivity index is 1.95. The van der Waals surface area contributed by atoms with Crippen LogP contribution in [0.3, 0.4) is 0 Å². The van der Waals surface area contributed by atoms with Crippen molar-refractivity contribution in [2.75, 3.05) is 17.7 Å². The second-order valence-electron chi connectivity index (χ2n) is 7.20. The van der Waals surface area contributed by atoms with E-state index in [9.17, 15) is 35.5 Å². The van der Waals surface area contributed by atoms with Gasteiger partial charge in [0.2, 0.25) is 0 Å². The molecule has 0 aliphatic heterocycles. The van der Waals surface area contributed by atoms with Crippen molar-refractivity contribution in [1.29, 1.82) is 0 Å². The molecule has 1 heterocycles. The number of esters is 1. The third-order valence-electron chi connectivity index (χ3n) is 5.07. The molecule has 0 radical (unpaired) electrons. The molecule has 13 heteroatoms. The van der Waals surface area contributed by atoms with Gasteiger partial charge in [-0.25, -0.2) is 22.4 Å². The Kier molecular flexibility index (Phi) is 7.52. The van der Waals surface area contributed by atoms with Crippen LogP contribution in [0.1, 0.15) is 52.0 Å². The number of ether oxygens (including phenoxy) is 1. The summed E-state index contributed by atoms with van der Waals surface area (Å²) in [5.41, 5.74) is -3.30. The lowest BCUT2D eigenvalue weighted by molar-refractivity contribution is -0.143. The highest BCUT2D eigenvalue weighted by molar-refractivity contribution is 7.80. The summed E-state index contributed by atoms with van der Waals surface area (Å²) in [7, 11) is 1.17. The summed E-state index contributed by atoms with van der Waals surface area (Å²) in [6.45, 7) is 0. The van der Waals surface area contributed by atoms with E-state index in [0.717, 1.165) is 47.5 Å². The average molecular weight is 514 g/mol. The molecule has 0 saturated heterocycles. The highest BCUT2D eigenvalue weighted by atomic mass is 32.1. The first-order chi connectivity index (χ1) is 15.5. The predicted molar refractivity (Wildman–Crippen MR) is 113 cm³/mol. The number of benzene rings is 1. The van der Waals surface area contributed by atoms with Gasteiger partial charge in [-0.05, 0) is 43.5 Å². The van der Waals surface area contributed by atoms with Crippen molar-refractivity contribution >= 4 is 45.3 Å². The Hall–Kier alpha value is -2.41. The van der Waals surface area contributed by atoms with Gasteiger partial charge in [0, 0.05) is 4.88 Å². The van der Waals surface area contributed by atoms with Gasteiger partial charge in [-0.1, -0.05) is 12.8 Å². The topological polar surface area (TPSA) is 50.4 Å². The Labute approximate surface area is 193 Å². The fraction of sp³-hybridized carbons (Fsp3) is 0.400. The monoisotopic (exact) mass is 514 g/mol. The van der Waals surface area contributed by atoms with Gasteiger partial charge in [0.05, 0.1) is 12.7 Å². The van der Waals surface area contributed by atoms with Crippen LogP contribution in [-0.4, -0.2) is 18.2 Å². The number of anilines is 2. The van der Waals surface area contributed by atoms with Gasteiger partial charge < -0.3 is 15.4 Å². The number of nitrogens with one attached hydrogen (secondary N) is 2. The first-order valence-electron chi connectivity index (χ1n) is 9.71. The number of alkyl halides is 3. The lowest BCUT2D eigenvalue weighted by atomic mass is 9.96. The van der Waals surface area contributed by atoms with Crippen molar-refractivity contribution in [1.82, 2.24) is 0 Å². The summed E-state index contributed by atoms with van der Waals surface area (Å²) < 4.78 is 99.2. The van der Waals surface area contributed by atoms with Crippen molar-refractivity contribution < 1.29 is 40.3 Å². The molecule has 0 fully saturated rings. The second-order valence-corrected chi connectivity index (χ2v) is 8.71. The van der Waals surface area contributed by atoms with Gasteiger partial charge in [0.25, 0.3) is 0 Å². The number of hydrogen-bond donors (Lipinski definition) is 2. The SMILES string of the molecule is COC(=O)c1c(NC(=S)Nc2c(F)c(F)c(C(F)(F)F)c(F)c2F)sc2c1CCCCCC2. The summed E-state index contributed by atoms with van der Waals surface area (Å²) in [5.74, 6) is -10.5. The van der Waals surface area contributed by atoms with Crippen LogP contribution >= 0.6 is 23.6 Å². The molecule has 0 amide bonds. The summed E-state index contributed by atoms with van der Waals surface area (Å²) in [4.78, 5) is 13.3. The number of carbonyl (C=O) groups excluding carboxylic acids is 1.